The molecule has 0 saturated heterocycles. The Kier molecular flexibility index (Phi) is 13.8. The molecule has 0 aliphatic heterocycles. The molecule has 0 aromatic heterocycles. The van der Waals surface area contributed by atoms with Crippen LogP contribution in [0.3, 0.4) is 0 Å². The van der Waals surface area contributed by atoms with E-state index in [9.17, 15) is 35.9 Å². The van der Waals surface area contributed by atoms with Crippen molar-refractivity contribution < 1.29 is 40.7 Å². The number of rotatable bonds is 16. The standard InChI is InChI=1S/C25H35F6NO3/c1-2-3-4-5-6-7-8-9-10-14-35-23(34)13-11-12-22(33)32-18-19-15-20(24(26,27)28)17-21(16-19)25(29,30)31/h15-17H,2-14,18H2,1H3,(H,32,33). The van der Waals surface area contributed by atoms with Crippen molar-refractivity contribution in [1.82, 2.24) is 5.32 Å². The van der Waals surface area contributed by atoms with Gasteiger partial charge < -0.3 is 10.1 Å². The van der Waals surface area contributed by atoms with Gasteiger partial charge in [0.15, 0.2) is 0 Å². The summed E-state index contributed by atoms with van der Waals surface area (Å²) in [5, 5.41) is 2.29. The molecule has 0 radical (unpaired) electrons. The molecular weight excluding hydrogens is 476 g/mol. The van der Waals surface area contributed by atoms with Gasteiger partial charge in [0.1, 0.15) is 0 Å². The number of carbonyl (C=O) groups excluding carboxylic acids is 2. The van der Waals surface area contributed by atoms with Gasteiger partial charge in [-0.1, -0.05) is 58.3 Å². The van der Waals surface area contributed by atoms with Crippen LogP contribution < -0.4 is 5.32 Å². The van der Waals surface area contributed by atoms with Gasteiger partial charge in [0, 0.05) is 19.4 Å². The Balaban J connectivity index is 2.25. The second-order valence-electron chi connectivity index (χ2n) is 8.59. The number of unbranched alkanes of at least 4 members (excludes halogenated alkanes) is 8. The molecule has 0 bridgehead atoms. The van der Waals surface area contributed by atoms with Gasteiger partial charge in [0.05, 0.1) is 17.7 Å². The molecular formula is C25H35F6NO3. The Morgan fingerprint density at radius 2 is 1.26 bits per heavy atom. The van der Waals surface area contributed by atoms with Crippen LogP contribution in [0.25, 0.3) is 0 Å². The Morgan fingerprint density at radius 1 is 0.743 bits per heavy atom. The fraction of sp³-hybridized carbons (Fsp3) is 0.680. The third-order valence-electron chi connectivity index (χ3n) is 5.43. The SMILES string of the molecule is CCCCCCCCCCCOC(=O)CCCC(=O)NCc1cc(C(F)(F)F)cc(C(F)(F)F)c1. The van der Waals surface area contributed by atoms with E-state index >= 15 is 0 Å². The molecule has 0 aliphatic carbocycles. The fourth-order valence-corrected chi connectivity index (χ4v) is 3.47. The first-order valence-electron chi connectivity index (χ1n) is 12.1. The first kappa shape index (κ1) is 30.8. The lowest BCUT2D eigenvalue weighted by Crippen LogP contribution is -2.23. The number of amides is 1. The average Bonchev–Trinajstić information content (AvgIpc) is 2.77. The lowest BCUT2D eigenvalue weighted by atomic mass is 10.0. The number of carbonyl (C=O) groups is 2. The molecule has 1 aromatic rings. The number of halogens is 6. The summed E-state index contributed by atoms with van der Waals surface area (Å²) in [4.78, 5) is 23.6. The van der Waals surface area contributed by atoms with E-state index in [4.69, 9.17) is 4.74 Å². The Hall–Kier alpha value is -2.26. The molecule has 0 fully saturated rings. The van der Waals surface area contributed by atoms with E-state index in [1.54, 1.807) is 0 Å². The largest absolute Gasteiger partial charge is 0.466 e. The predicted octanol–water partition coefficient (Wildman–Crippen LogP) is 7.58. The van der Waals surface area contributed by atoms with E-state index in [1.165, 1.54) is 38.5 Å². The lowest BCUT2D eigenvalue weighted by molar-refractivity contribution is -0.144. The van der Waals surface area contributed by atoms with Gasteiger partial charge in [-0.25, -0.2) is 0 Å². The molecule has 10 heteroatoms. The van der Waals surface area contributed by atoms with Gasteiger partial charge in [-0.05, 0) is 36.6 Å². The van der Waals surface area contributed by atoms with Crippen LogP contribution in [0.1, 0.15) is 101 Å². The minimum Gasteiger partial charge on any atom is -0.466 e. The van der Waals surface area contributed by atoms with E-state index in [0.29, 0.717) is 18.7 Å². The summed E-state index contributed by atoms with van der Waals surface area (Å²) in [6.45, 7) is 2.01. The minimum absolute atomic E-state index is 0.00658. The summed E-state index contributed by atoms with van der Waals surface area (Å²) >= 11 is 0. The van der Waals surface area contributed by atoms with E-state index in [-0.39, 0.29) is 30.9 Å². The molecule has 1 rings (SSSR count). The van der Waals surface area contributed by atoms with Crippen molar-refractivity contribution in [3.8, 4) is 0 Å². The molecule has 1 N–H and O–H groups in total. The van der Waals surface area contributed by atoms with E-state index in [2.05, 4.69) is 12.2 Å². The van der Waals surface area contributed by atoms with Gasteiger partial charge in [-0.3, -0.25) is 9.59 Å². The molecule has 0 spiro atoms. The van der Waals surface area contributed by atoms with Gasteiger partial charge >= 0.3 is 18.3 Å². The van der Waals surface area contributed by atoms with Gasteiger partial charge in [-0.2, -0.15) is 26.3 Å². The molecule has 0 aliphatic rings. The molecule has 0 heterocycles. The van der Waals surface area contributed by atoms with E-state index < -0.39 is 41.9 Å². The van der Waals surface area contributed by atoms with Crippen LogP contribution in [0.4, 0.5) is 26.3 Å². The maximum absolute atomic E-state index is 12.9. The van der Waals surface area contributed by atoms with Crippen LogP contribution in [0.2, 0.25) is 0 Å². The van der Waals surface area contributed by atoms with Gasteiger partial charge in [-0.15, -0.1) is 0 Å². The summed E-state index contributed by atoms with van der Waals surface area (Å²) in [6.07, 6.45) is 0.448. The zero-order chi connectivity index (χ0) is 26.3. The fourth-order valence-electron chi connectivity index (χ4n) is 3.47. The topological polar surface area (TPSA) is 55.4 Å². The van der Waals surface area contributed by atoms with Crippen LogP contribution in [-0.4, -0.2) is 18.5 Å². The smallest absolute Gasteiger partial charge is 0.416 e. The molecule has 1 amide bonds. The normalized spacial score (nSPS) is 12.0. The third kappa shape index (κ3) is 14.0. The van der Waals surface area contributed by atoms with Crippen LogP contribution >= 0.6 is 0 Å². The first-order chi connectivity index (χ1) is 16.4. The number of ether oxygens (including phenoxy) is 1. The summed E-state index contributed by atoms with van der Waals surface area (Å²) in [5.41, 5.74) is -3.20. The van der Waals surface area contributed by atoms with Gasteiger partial charge in [0.25, 0.3) is 0 Å². The summed E-state index contributed by atoms with van der Waals surface area (Å²) in [7, 11) is 0. The van der Waals surface area contributed by atoms with Crippen LogP contribution in [0, 0.1) is 0 Å². The maximum Gasteiger partial charge on any atom is 0.416 e. The second kappa shape index (κ2) is 15.7. The summed E-state index contributed by atoms with van der Waals surface area (Å²) < 4.78 is 82.5. The molecule has 1 aromatic carbocycles. The molecule has 35 heavy (non-hydrogen) atoms. The number of alkyl halides is 6. The number of hydrogen-bond acceptors (Lipinski definition) is 3. The minimum atomic E-state index is -4.95. The Bertz CT molecular complexity index is 745. The van der Waals surface area contributed by atoms with Crippen molar-refractivity contribution in [2.75, 3.05) is 6.61 Å². The molecule has 0 atom stereocenters. The Morgan fingerprint density at radius 3 is 1.77 bits per heavy atom. The summed E-state index contributed by atoms with van der Waals surface area (Å²) in [6, 6.07) is 1.17. The molecule has 4 nitrogen and oxygen atoms in total. The van der Waals surface area contributed by atoms with Crippen molar-refractivity contribution in [2.24, 2.45) is 0 Å². The van der Waals surface area contributed by atoms with Crippen molar-refractivity contribution in [1.29, 1.82) is 0 Å². The summed E-state index contributed by atoms with van der Waals surface area (Å²) in [5.74, 6) is -1.02. The highest BCUT2D eigenvalue weighted by Crippen LogP contribution is 2.36. The first-order valence-corrected chi connectivity index (χ1v) is 12.1. The van der Waals surface area contributed by atoms with Crippen LogP contribution in [0.15, 0.2) is 18.2 Å². The lowest BCUT2D eigenvalue weighted by Gasteiger charge is -2.14. The molecule has 0 saturated carbocycles. The average molecular weight is 512 g/mol. The zero-order valence-electron chi connectivity index (χ0n) is 20.1. The Labute approximate surface area is 202 Å². The highest BCUT2D eigenvalue weighted by molar-refractivity contribution is 5.77. The molecule has 0 unspecified atom stereocenters. The number of esters is 1. The maximum atomic E-state index is 12.9. The predicted molar refractivity (Wildman–Crippen MR) is 120 cm³/mol. The quantitative estimate of drug-likeness (QED) is 0.141. The van der Waals surface area contributed by atoms with Crippen molar-refractivity contribution >= 4 is 11.9 Å². The third-order valence-corrected chi connectivity index (χ3v) is 5.43. The van der Waals surface area contributed by atoms with E-state index in [0.717, 1.165) is 19.3 Å². The van der Waals surface area contributed by atoms with E-state index in [1.807, 2.05) is 0 Å². The number of benzene rings is 1. The highest BCUT2D eigenvalue weighted by Gasteiger charge is 2.36. The van der Waals surface area contributed by atoms with Crippen molar-refractivity contribution in [3.05, 3.63) is 34.9 Å². The van der Waals surface area contributed by atoms with Crippen LogP contribution in [-0.2, 0) is 33.2 Å². The van der Waals surface area contributed by atoms with Gasteiger partial charge in [0.2, 0.25) is 5.91 Å². The van der Waals surface area contributed by atoms with Crippen LogP contribution in [0.5, 0.6) is 0 Å². The number of nitrogens with one attached hydrogen (secondary N) is 1. The second-order valence-corrected chi connectivity index (χ2v) is 8.59. The van der Waals surface area contributed by atoms with Crippen molar-refractivity contribution in [2.45, 2.75) is 103 Å². The monoisotopic (exact) mass is 511 g/mol. The highest BCUT2D eigenvalue weighted by atomic mass is 19.4. The molecule has 200 valence electrons. The zero-order valence-corrected chi connectivity index (χ0v) is 20.1. The van der Waals surface area contributed by atoms with Crippen molar-refractivity contribution in [3.63, 3.8) is 0 Å². The number of hydrogen-bond donors (Lipinski definition) is 1.